The Labute approximate surface area is 144 Å². The van der Waals surface area contributed by atoms with Gasteiger partial charge in [0.2, 0.25) is 0 Å². The summed E-state index contributed by atoms with van der Waals surface area (Å²) in [4.78, 5) is 23.8. The molecular weight excluding hydrogens is 366 g/mol. The average Bonchev–Trinajstić information content (AvgIpc) is 2.55. The van der Waals surface area contributed by atoms with Crippen LogP contribution in [0.4, 0.5) is 23.2 Å². The number of halogens is 5. The predicted octanol–water partition coefficient (Wildman–Crippen LogP) is 4.08. The van der Waals surface area contributed by atoms with Crippen molar-refractivity contribution in [3.8, 4) is 0 Å². The molecule has 0 radical (unpaired) electrons. The molecule has 0 heterocycles. The second-order valence-electron chi connectivity index (χ2n) is 4.86. The zero-order valence-corrected chi connectivity index (χ0v) is 13.3. The van der Waals surface area contributed by atoms with Crippen molar-refractivity contribution in [2.24, 2.45) is 0 Å². The quantitative estimate of drug-likeness (QED) is 0.497. The summed E-state index contributed by atoms with van der Waals surface area (Å²) in [7, 11) is 0. The van der Waals surface area contributed by atoms with Gasteiger partial charge >= 0.3 is 5.97 Å². The van der Waals surface area contributed by atoms with Crippen LogP contribution in [0.15, 0.2) is 30.3 Å². The molecule has 2 aromatic carbocycles. The molecule has 0 saturated heterocycles. The summed E-state index contributed by atoms with van der Waals surface area (Å²) < 4.78 is 57.9. The van der Waals surface area contributed by atoms with Crippen LogP contribution in [-0.4, -0.2) is 18.0 Å². The maximum Gasteiger partial charge on any atom is 0.343 e. The number of esters is 1. The first kappa shape index (κ1) is 18.7. The number of benzene rings is 2. The first-order valence-electron chi connectivity index (χ1n) is 6.81. The molecule has 0 aromatic heterocycles. The lowest BCUT2D eigenvalue weighted by Gasteiger charge is -2.15. The van der Waals surface area contributed by atoms with Gasteiger partial charge in [0.25, 0.3) is 5.91 Å². The normalized spacial score (nSPS) is 11.8. The summed E-state index contributed by atoms with van der Waals surface area (Å²) in [6.45, 7) is 1.12. The molecule has 0 aliphatic carbocycles. The van der Waals surface area contributed by atoms with E-state index in [1.165, 1.54) is 12.1 Å². The van der Waals surface area contributed by atoms with Crippen molar-refractivity contribution in [2.45, 2.75) is 13.0 Å². The number of carbonyl (C=O) groups excluding carboxylic acids is 2. The molecule has 1 amide bonds. The highest BCUT2D eigenvalue weighted by Crippen LogP contribution is 2.22. The predicted molar refractivity (Wildman–Crippen MR) is 81.2 cm³/mol. The van der Waals surface area contributed by atoms with Crippen molar-refractivity contribution in [3.63, 3.8) is 0 Å². The topological polar surface area (TPSA) is 55.4 Å². The largest absolute Gasteiger partial charge is 0.449 e. The van der Waals surface area contributed by atoms with Gasteiger partial charge in [0.1, 0.15) is 11.4 Å². The van der Waals surface area contributed by atoms with E-state index in [9.17, 15) is 27.2 Å². The van der Waals surface area contributed by atoms with Gasteiger partial charge in [0.15, 0.2) is 23.6 Å². The highest BCUT2D eigenvalue weighted by Gasteiger charge is 2.24. The molecule has 25 heavy (non-hydrogen) atoms. The second kappa shape index (κ2) is 7.52. The van der Waals surface area contributed by atoms with Crippen LogP contribution in [0.3, 0.4) is 0 Å². The minimum atomic E-state index is -1.76. The number of hydrogen-bond acceptors (Lipinski definition) is 3. The minimum absolute atomic E-state index is 0.218. The first-order chi connectivity index (χ1) is 11.7. The Balaban J connectivity index is 2.11. The fraction of sp³-hybridized carbons (Fsp3) is 0.125. The van der Waals surface area contributed by atoms with Gasteiger partial charge in [0, 0.05) is 0 Å². The smallest absolute Gasteiger partial charge is 0.343 e. The summed E-state index contributed by atoms with van der Waals surface area (Å²) in [6.07, 6.45) is -1.49. The number of amides is 1. The van der Waals surface area contributed by atoms with Crippen molar-refractivity contribution >= 4 is 29.2 Å². The summed E-state index contributed by atoms with van der Waals surface area (Å²) in [5.41, 5.74) is -1.21. The molecule has 2 aromatic rings. The van der Waals surface area contributed by atoms with Gasteiger partial charge in [-0.1, -0.05) is 17.7 Å². The number of carbonyl (C=O) groups is 2. The molecule has 0 spiro atoms. The van der Waals surface area contributed by atoms with Crippen LogP contribution in [0.2, 0.25) is 5.02 Å². The summed E-state index contributed by atoms with van der Waals surface area (Å²) in [5.74, 6) is -7.99. The second-order valence-corrected chi connectivity index (χ2v) is 5.26. The molecular formula is C16H10ClF4NO3. The van der Waals surface area contributed by atoms with Crippen LogP contribution >= 0.6 is 11.6 Å². The molecule has 9 heteroatoms. The van der Waals surface area contributed by atoms with Crippen LogP contribution in [0.1, 0.15) is 17.3 Å². The van der Waals surface area contributed by atoms with Gasteiger partial charge in [-0.25, -0.2) is 22.4 Å². The lowest BCUT2D eigenvalue weighted by atomic mass is 10.2. The molecule has 0 aliphatic heterocycles. The molecule has 0 unspecified atom stereocenters. The fourth-order valence-corrected chi connectivity index (χ4v) is 2.06. The lowest BCUT2D eigenvalue weighted by Crippen LogP contribution is -2.30. The van der Waals surface area contributed by atoms with Gasteiger partial charge < -0.3 is 10.1 Å². The van der Waals surface area contributed by atoms with Gasteiger partial charge in [-0.3, -0.25) is 4.79 Å². The van der Waals surface area contributed by atoms with Gasteiger partial charge in [-0.05, 0) is 31.2 Å². The number of anilines is 1. The minimum Gasteiger partial charge on any atom is -0.449 e. The van der Waals surface area contributed by atoms with E-state index in [1.807, 2.05) is 5.32 Å². The first-order valence-corrected chi connectivity index (χ1v) is 7.19. The van der Waals surface area contributed by atoms with E-state index >= 15 is 0 Å². The van der Waals surface area contributed by atoms with Crippen molar-refractivity contribution < 1.29 is 31.9 Å². The Morgan fingerprint density at radius 2 is 1.72 bits per heavy atom. The number of rotatable bonds is 4. The van der Waals surface area contributed by atoms with Crippen molar-refractivity contribution in [1.82, 2.24) is 0 Å². The van der Waals surface area contributed by atoms with E-state index < -0.39 is 52.5 Å². The van der Waals surface area contributed by atoms with Crippen molar-refractivity contribution in [2.75, 3.05) is 5.32 Å². The third kappa shape index (κ3) is 4.08. The molecule has 1 atom stereocenters. The molecule has 0 aliphatic rings. The maximum atomic E-state index is 13.6. The fourth-order valence-electron chi connectivity index (χ4n) is 1.82. The standard InChI is InChI=1S/C16H10ClF4NO3/c1-7(25-16(24)12-8(17)3-2-4-9(12)18)15(23)22-11-6-5-10(19)13(20)14(11)21/h2-7H,1H3,(H,22,23)/t7-/m0/s1. The molecule has 0 bridgehead atoms. The summed E-state index contributed by atoms with van der Waals surface area (Å²) >= 11 is 5.70. The van der Waals surface area contributed by atoms with Crippen LogP contribution in [0, 0.1) is 23.3 Å². The molecule has 0 saturated carbocycles. The SMILES string of the molecule is C[C@H](OC(=O)c1c(F)cccc1Cl)C(=O)Nc1ccc(F)c(F)c1F. The molecule has 1 N–H and O–H groups in total. The molecule has 2 rings (SSSR count). The van der Waals surface area contributed by atoms with Crippen molar-refractivity contribution in [3.05, 3.63) is 64.2 Å². The third-order valence-corrected chi connectivity index (χ3v) is 3.43. The van der Waals surface area contributed by atoms with Crippen LogP contribution < -0.4 is 5.32 Å². The Bertz CT molecular complexity index is 824. The lowest BCUT2D eigenvalue weighted by molar-refractivity contribution is -0.123. The van der Waals surface area contributed by atoms with E-state index in [0.717, 1.165) is 19.1 Å². The van der Waals surface area contributed by atoms with E-state index in [-0.39, 0.29) is 5.02 Å². The number of hydrogen-bond donors (Lipinski definition) is 1. The zero-order chi connectivity index (χ0) is 18.7. The van der Waals surface area contributed by atoms with E-state index in [1.54, 1.807) is 0 Å². The Morgan fingerprint density at radius 3 is 2.36 bits per heavy atom. The third-order valence-electron chi connectivity index (χ3n) is 3.11. The number of ether oxygens (including phenoxy) is 1. The van der Waals surface area contributed by atoms with E-state index in [0.29, 0.717) is 6.07 Å². The van der Waals surface area contributed by atoms with Gasteiger partial charge in [-0.2, -0.15) is 0 Å². The molecule has 0 fully saturated rings. The Kier molecular flexibility index (Phi) is 5.63. The summed E-state index contributed by atoms with van der Waals surface area (Å²) in [5, 5.41) is 1.72. The maximum absolute atomic E-state index is 13.6. The molecule has 132 valence electrons. The van der Waals surface area contributed by atoms with Crippen LogP contribution in [0.5, 0.6) is 0 Å². The van der Waals surface area contributed by atoms with E-state index in [4.69, 9.17) is 16.3 Å². The number of nitrogens with one attached hydrogen (secondary N) is 1. The Morgan fingerprint density at radius 1 is 1.04 bits per heavy atom. The average molecular weight is 376 g/mol. The van der Waals surface area contributed by atoms with Gasteiger partial charge in [-0.15, -0.1) is 0 Å². The van der Waals surface area contributed by atoms with E-state index in [2.05, 4.69) is 0 Å². The molecule has 4 nitrogen and oxygen atoms in total. The van der Waals surface area contributed by atoms with Crippen LogP contribution in [-0.2, 0) is 9.53 Å². The highest BCUT2D eigenvalue weighted by molar-refractivity contribution is 6.33. The van der Waals surface area contributed by atoms with Crippen molar-refractivity contribution in [1.29, 1.82) is 0 Å². The highest BCUT2D eigenvalue weighted by atomic mass is 35.5. The van der Waals surface area contributed by atoms with Gasteiger partial charge in [0.05, 0.1) is 10.7 Å². The summed E-state index contributed by atoms with van der Waals surface area (Å²) in [6, 6.07) is 4.92. The van der Waals surface area contributed by atoms with Crippen LogP contribution in [0.25, 0.3) is 0 Å². The Hall–Kier alpha value is -2.61. The zero-order valence-electron chi connectivity index (χ0n) is 12.6. The monoisotopic (exact) mass is 375 g/mol.